The molecule has 3 rings (SSSR count). The Morgan fingerprint density at radius 1 is 1.24 bits per heavy atom. The van der Waals surface area contributed by atoms with E-state index in [1.165, 1.54) is 0 Å². The van der Waals surface area contributed by atoms with E-state index in [1.54, 1.807) is 12.1 Å². The molecule has 2 N–H and O–H groups in total. The van der Waals surface area contributed by atoms with E-state index in [4.69, 9.17) is 25.8 Å². The zero-order valence-corrected chi connectivity index (χ0v) is 12.8. The Morgan fingerprint density at radius 2 is 1.95 bits per heavy atom. The third-order valence-corrected chi connectivity index (χ3v) is 3.42. The molecule has 1 atom stereocenters. The van der Waals surface area contributed by atoms with Crippen molar-refractivity contribution >= 4 is 35.6 Å². The lowest BCUT2D eigenvalue weighted by molar-refractivity contribution is -0.128. The first-order valence-corrected chi connectivity index (χ1v) is 6.84. The number of morpholine rings is 1. The number of carbonyl (C=O) groups is 1. The second-order valence-corrected chi connectivity index (χ2v) is 4.94. The molecule has 0 saturated carbocycles. The topological polar surface area (TPSA) is 68.8 Å². The summed E-state index contributed by atoms with van der Waals surface area (Å²) < 4.78 is 16.3. The molecule has 0 spiro atoms. The van der Waals surface area contributed by atoms with E-state index < -0.39 is 6.10 Å². The van der Waals surface area contributed by atoms with Crippen molar-refractivity contribution in [2.75, 3.05) is 38.2 Å². The lowest BCUT2D eigenvalue weighted by Gasteiger charge is -2.24. The summed E-state index contributed by atoms with van der Waals surface area (Å²) in [6.07, 6.45) is -0.506. The lowest BCUT2D eigenvalue weighted by Crippen LogP contribution is -2.45. The summed E-state index contributed by atoms with van der Waals surface area (Å²) >= 11 is 6.14. The van der Waals surface area contributed by atoms with Crippen molar-refractivity contribution in [1.82, 2.24) is 5.32 Å². The molecule has 8 heteroatoms. The van der Waals surface area contributed by atoms with E-state index in [9.17, 15) is 4.79 Å². The third kappa shape index (κ3) is 3.71. The van der Waals surface area contributed by atoms with Gasteiger partial charge in [-0.1, -0.05) is 11.6 Å². The molecule has 1 amide bonds. The zero-order valence-electron chi connectivity index (χ0n) is 11.2. The average Bonchev–Trinajstić information content (AvgIpc) is 2.49. The minimum atomic E-state index is -0.506. The molecule has 116 valence electrons. The number of carbonyl (C=O) groups excluding carboxylic acids is 1. The predicted octanol–water partition coefficient (Wildman–Crippen LogP) is 1.46. The van der Waals surface area contributed by atoms with Crippen LogP contribution in [0, 0.1) is 0 Å². The van der Waals surface area contributed by atoms with Crippen molar-refractivity contribution < 1.29 is 19.0 Å². The van der Waals surface area contributed by atoms with Crippen molar-refractivity contribution in [1.29, 1.82) is 0 Å². The van der Waals surface area contributed by atoms with Crippen LogP contribution >= 0.6 is 24.0 Å². The molecular formula is C13H16Cl2N2O4. The van der Waals surface area contributed by atoms with Crippen molar-refractivity contribution in [3.63, 3.8) is 0 Å². The molecular weight excluding hydrogens is 319 g/mol. The van der Waals surface area contributed by atoms with Crippen LogP contribution in [0.25, 0.3) is 0 Å². The van der Waals surface area contributed by atoms with Crippen molar-refractivity contribution in [2.45, 2.75) is 6.10 Å². The van der Waals surface area contributed by atoms with Crippen LogP contribution in [-0.2, 0) is 9.53 Å². The van der Waals surface area contributed by atoms with Crippen LogP contribution in [0.2, 0.25) is 5.02 Å². The molecule has 1 unspecified atom stereocenters. The van der Waals surface area contributed by atoms with Gasteiger partial charge in [-0.15, -0.1) is 12.4 Å². The molecule has 6 nitrogen and oxygen atoms in total. The van der Waals surface area contributed by atoms with Gasteiger partial charge in [0.1, 0.15) is 19.3 Å². The van der Waals surface area contributed by atoms with E-state index in [0.29, 0.717) is 48.6 Å². The summed E-state index contributed by atoms with van der Waals surface area (Å²) in [6.45, 7) is 2.75. The molecule has 1 fully saturated rings. The Kier molecular flexibility index (Phi) is 5.52. The number of ether oxygens (including phenoxy) is 3. The fourth-order valence-electron chi connectivity index (χ4n) is 2.11. The summed E-state index contributed by atoms with van der Waals surface area (Å²) in [7, 11) is 0. The molecule has 2 aliphatic rings. The number of halogens is 2. The Morgan fingerprint density at radius 3 is 2.62 bits per heavy atom. The molecule has 1 aromatic carbocycles. The summed E-state index contributed by atoms with van der Waals surface area (Å²) in [6, 6.07) is 3.32. The first-order chi connectivity index (χ1) is 9.74. The van der Waals surface area contributed by atoms with Crippen molar-refractivity contribution in [3.05, 3.63) is 17.2 Å². The summed E-state index contributed by atoms with van der Waals surface area (Å²) in [5.74, 6) is 0.948. The van der Waals surface area contributed by atoms with Gasteiger partial charge in [0.05, 0.1) is 17.3 Å². The quantitative estimate of drug-likeness (QED) is 0.856. The van der Waals surface area contributed by atoms with Gasteiger partial charge >= 0.3 is 0 Å². The van der Waals surface area contributed by atoms with Gasteiger partial charge in [0.2, 0.25) is 0 Å². The Bertz CT molecular complexity index is 521. The van der Waals surface area contributed by atoms with Crippen LogP contribution in [0.3, 0.4) is 0 Å². The third-order valence-electron chi connectivity index (χ3n) is 3.11. The van der Waals surface area contributed by atoms with Gasteiger partial charge in [-0.25, -0.2) is 0 Å². The minimum Gasteiger partial charge on any atom is -0.486 e. The Hall–Kier alpha value is -1.21. The molecule has 2 heterocycles. The first-order valence-electron chi connectivity index (χ1n) is 6.46. The highest BCUT2D eigenvalue weighted by Gasteiger charge is 2.23. The first kappa shape index (κ1) is 16.2. The van der Waals surface area contributed by atoms with Crippen molar-refractivity contribution in [2.24, 2.45) is 0 Å². The monoisotopic (exact) mass is 334 g/mol. The van der Waals surface area contributed by atoms with E-state index in [2.05, 4.69) is 10.6 Å². The van der Waals surface area contributed by atoms with Crippen LogP contribution in [0.4, 0.5) is 5.69 Å². The standard InChI is InChI=1S/C13H15ClN2O4.ClH/c14-8-5-10-11(20-4-3-19-10)6-9(8)16-13(17)12-7-15-1-2-18-12;/h5-6,12,15H,1-4,7H2,(H,16,17);1H. The van der Waals surface area contributed by atoms with E-state index in [-0.39, 0.29) is 18.3 Å². The van der Waals surface area contributed by atoms with Crippen LogP contribution in [0.1, 0.15) is 0 Å². The Labute approximate surface area is 133 Å². The smallest absolute Gasteiger partial charge is 0.254 e. The summed E-state index contributed by atoms with van der Waals surface area (Å²) in [5.41, 5.74) is 0.495. The maximum absolute atomic E-state index is 12.1. The second kappa shape index (κ2) is 7.17. The van der Waals surface area contributed by atoms with Crippen LogP contribution in [0.5, 0.6) is 11.5 Å². The van der Waals surface area contributed by atoms with Crippen molar-refractivity contribution in [3.8, 4) is 11.5 Å². The van der Waals surface area contributed by atoms with Gasteiger partial charge in [0, 0.05) is 25.2 Å². The van der Waals surface area contributed by atoms with Gasteiger partial charge in [-0.3, -0.25) is 4.79 Å². The van der Waals surface area contributed by atoms with Crippen LogP contribution < -0.4 is 20.1 Å². The highest BCUT2D eigenvalue weighted by atomic mass is 35.5. The summed E-state index contributed by atoms with van der Waals surface area (Å²) in [5, 5.41) is 6.27. The number of amides is 1. The fraction of sp³-hybridized carbons (Fsp3) is 0.462. The van der Waals surface area contributed by atoms with Gasteiger partial charge in [-0.05, 0) is 0 Å². The van der Waals surface area contributed by atoms with E-state index in [0.717, 1.165) is 6.54 Å². The van der Waals surface area contributed by atoms with E-state index >= 15 is 0 Å². The molecule has 0 bridgehead atoms. The SMILES string of the molecule is Cl.O=C(Nc1cc2c(cc1Cl)OCCO2)C1CNCCO1. The number of fused-ring (bicyclic) bond motifs is 1. The maximum Gasteiger partial charge on any atom is 0.254 e. The number of anilines is 1. The zero-order chi connectivity index (χ0) is 13.9. The minimum absolute atomic E-state index is 0. The number of benzene rings is 1. The molecule has 0 aliphatic carbocycles. The highest BCUT2D eigenvalue weighted by molar-refractivity contribution is 6.34. The fourth-order valence-corrected chi connectivity index (χ4v) is 2.31. The number of hydrogen-bond donors (Lipinski definition) is 2. The molecule has 2 aliphatic heterocycles. The largest absolute Gasteiger partial charge is 0.486 e. The van der Waals surface area contributed by atoms with Gasteiger partial charge in [0.15, 0.2) is 11.5 Å². The number of nitrogens with one attached hydrogen (secondary N) is 2. The molecule has 0 aromatic heterocycles. The predicted molar refractivity (Wildman–Crippen MR) is 80.9 cm³/mol. The summed E-state index contributed by atoms with van der Waals surface area (Å²) in [4.78, 5) is 12.1. The highest BCUT2D eigenvalue weighted by Crippen LogP contribution is 2.38. The van der Waals surface area contributed by atoms with Gasteiger partial charge in [-0.2, -0.15) is 0 Å². The number of rotatable bonds is 2. The molecule has 21 heavy (non-hydrogen) atoms. The Balaban J connectivity index is 0.00000161. The van der Waals surface area contributed by atoms with Gasteiger partial charge in [0.25, 0.3) is 5.91 Å². The van der Waals surface area contributed by atoms with E-state index in [1.807, 2.05) is 0 Å². The van der Waals surface area contributed by atoms with Crippen LogP contribution in [-0.4, -0.2) is 44.9 Å². The molecule has 1 aromatic rings. The lowest BCUT2D eigenvalue weighted by atomic mass is 10.2. The maximum atomic E-state index is 12.1. The molecule has 0 radical (unpaired) electrons. The second-order valence-electron chi connectivity index (χ2n) is 4.53. The number of hydrogen-bond acceptors (Lipinski definition) is 5. The van der Waals surface area contributed by atoms with Gasteiger partial charge < -0.3 is 24.8 Å². The molecule has 1 saturated heterocycles. The average molecular weight is 335 g/mol. The van der Waals surface area contributed by atoms with Crippen LogP contribution in [0.15, 0.2) is 12.1 Å². The normalized spacial score (nSPS) is 20.3.